The third-order valence-electron chi connectivity index (χ3n) is 3.83. The summed E-state index contributed by atoms with van der Waals surface area (Å²) in [7, 11) is 3.61. The zero-order chi connectivity index (χ0) is 12.8. The Morgan fingerprint density at radius 1 is 1.53 bits per heavy atom. The molecule has 1 saturated heterocycles. The fourth-order valence-electron chi connectivity index (χ4n) is 2.51. The molecule has 17 heavy (non-hydrogen) atoms. The summed E-state index contributed by atoms with van der Waals surface area (Å²) < 4.78 is 0. The summed E-state index contributed by atoms with van der Waals surface area (Å²) in [6, 6.07) is 0.222. The van der Waals surface area contributed by atoms with E-state index in [4.69, 9.17) is 5.73 Å². The molecule has 1 aliphatic rings. The first kappa shape index (κ1) is 14.5. The van der Waals surface area contributed by atoms with Crippen LogP contribution in [0.3, 0.4) is 0 Å². The van der Waals surface area contributed by atoms with Crippen molar-refractivity contribution in [1.29, 1.82) is 0 Å². The molecule has 2 N–H and O–H groups in total. The van der Waals surface area contributed by atoms with E-state index < -0.39 is 0 Å². The number of nitrogens with two attached hydrogens (primary N) is 1. The normalized spacial score (nSPS) is 23.4. The lowest BCUT2D eigenvalue weighted by atomic mass is 9.94. The highest BCUT2D eigenvalue weighted by atomic mass is 16.2. The summed E-state index contributed by atoms with van der Waals surface area (Å²) in [5, 5.41) is 0. The van der Waals surface area contributed by atoms with E-state index in [1.807, 2.05) is 0 Å². The van der Waals surface area contributed by atoms with E-state index in [1.54, 1.807) is 19.0 Å². The van der Waals surface area contributed by atoms with Crippen LogP contribution in [0.1, 0.15) is 32.6 Å². The number of piperidine rings is 1. The number of carbonyl (C=O) groups is 1. The minimum atomic E-state index is 0.180. The molecule has 2 unspecified atom stereocenters. The highest BCUT2D eigenvalue weighted by molar-refractivity contribution is 5.76. The third-order valence-corrected chi connectivity index (χ3v) is 3.83. The Balaban J connectivity index is 2.51. The predicted molar refractivity (Wildman–Crippen MR) is 70.7 cm³/mol. The molecule has 4 nitrogen and oxygen atoms in total. The molecular weight excluding hydrogens is 214 g/mol. The number of likely N-dealkylation sites (tertiary alicyclic amines) is 1. The van der Waals surface area contributed by atoms with E-state index in [0.717, 1.165) is 19.0 Å². The Morgan fingerprint density at radius 3 is 2.76 bits per heavy atom. The molecule has 4 heteroatoms. The Labute approximate surface area is 105 Å². The Hall–Kier alpha value is -0.610. The van der Waals surface area contributed by atoms with Gasteiger partial charge in [0.05, 0.1) is 0 Å². The predicted octanol–water partition coefficient (Wildman–Crippen LogP) is 0.914. The minimum Gasteiger partial charge on any atom is -0.349 e. The van der Waals surface area contributed by atoms with Crippen LogP contribution in [0.25, 0.3) is 0 Å². The largest absolute Gasteiger partial charge is 0.349 e. The van der Waals surface area contributed by atoms with Gasteiger partial charge in [-0.1, -0.05) is 13.3 Å². The molecule has 0 aromatic rings. The van der Waals surface area contributed by atoms with Crippen LogP contribution in [0.15, 0.2) is 0 Å². The Bertz CT molecular complexity index is 243. The first-order valence-corrected chi connectivity index (χ1v) is 6.72. The van der Waals surface area contributed by atoms with E-state index in [2.05, 4.69) is 11.8 Å². The molecule has 1 aliphatic heterocycles. The van der Waals surface area contributed by atoms with Crippen LogP contribution in [-0.2, 0) is 4.79 Å². The van der Waals surface area contributed by atoms with E-state index in [-0.39, 0.29) is 11.9 Å². The molecule has 2 atom stereocenters. The summed E-state index contributed by atoms with van der Waals surface area (Å²) in [4.78, 5) is 15.8. The molecule has 0 bridgehead atoms. The average molecular weight is 241 g/mol. The molecule has 0 aromatic carbocycles. The zero-order valence-corrected chi connectivity index (χ0v) is 11.5. The van der Waals surface area contributed by atoms with Gasteiger partial charge in [0.2, 0.25) is 5.91 Å². The van der Waals surface area contributed by atoms with E-state index in [1.165, 1.54) is 19.3 Å². The lowest BCUT2D eigenvalue weighted by Gasteiger charge is -2.37. The molecule has 1 rings (SSSR count). The average Bonchev–Trinajstić information content (AvgIpc) is 2.35. The second-order valence-electron chi connectivity index (χ2n) is 5.29. The standard InChI is InChI=1S/C13H27N3O/c1-4-11-6-5-7-16(10-11)12(9-14)8-13(17)15(2)3/h11-12H,4-10,14H2,1-3H3. The molecule has 1 amide bonds. The number of hydrogen-bond acceptors (Lipinski definition) is 3. The van der Waals surface area contributed by atoms with Crippen LogP contribution in [-0.4, -0.2) is 55.5 Å². The van der Waals surface area contributed by atoms with Crippen molar-refractivity contribution in [1.82, 2.24) is 9.80 Å². The maximum Gasteiger partial charge on any atom is 0.223 e. The topological polar surface area (TPSA) is 49.6 Å². The molecule has 0 aliphatic carbocycles. The van der Waals surface area contributed by atoms with Crippen molar-refractivity contribution < 1.29 is 4.79 Å². The Kier molecular flexibility index (Phi) is 5.92. The quantitative estimate of drug-likeness (QED) is 0.778. The fraction of sp³-hybridized carbons (Fsp3) is 0.923. The lowest BCUT2D eigenvalue weighted by Crippen LogP contribution is -2.48. The van der Waals surface area contributed by atoms with Crippen molar-refractivity contribution in [2.75, 3.05) is 33.7 Å². The number of nitrogens with zero attached hydrogens (tertiary/aromatic N) is 2. The van der Waals surface area contributed by atoms with E-state index in [9.17, 15) is 4.79 Å². The van der Waals surface area contributed by atoms with Gasteiger partial charge in [-0.3, -0.25) is 9.69 Å². The van der Waals surface area contributed by atoms with Gasteiger partial charge in [-0.15, -0.1) is 0 Å². The van der Waals surface area contributed by atoms with Crippen molar-refractivity contribution >= 4 is 5.91 Å². The molecule has 0 radical (unpaired) electrons. The maximum atomic E-state index is 11.7. The molecule has 1 fully saturated rings. The van der Waals surface area contributed by atoms with Crippen molar-refractivity contribution in [3.05, 3.63) is 0 Å². The monoisotopic (exact) mass is 241 g/mol. The highest BCUT2D eigenvalue weighted by Gasteiger charge is 2.26. The summed E-state index contributed by atoms with van der Waals surface area (Å²) in [5.41, 5.74) is 5.83. The van der Waals surface area contributed by atoms with Gasteiger partial charge in [0, 0.05) is 39.6 Å². The number of carbonyl (C=O) groups excluding carboxylic acids is 1. The van der Waals surface area contributed by atoms with E-state index in [0.29, 0.717) is 13.0 Å². The number of hydrogen-bond donors (Lipinski definition) is 1. The first-order chi connectivity index (χ1) is 8.08. The summed E-state index contributed by atoms with van der Waals surface area (Å²) in [5.74, 6) is 0.964. The fourth-order valence-corrected chi connectivity index (χ4v) is 2.51. The van der Waals surface area contributed by atoms with Gasteiger partial charge in [0.15, 0.2) is 0 Å². The molecule has 100 valence electrons. The van der Waals surface area contributed by atoms with Gasteiger partial charge in [-0.05, 0) is 25.3 Å². The van der Waals surface area contributed by atoms with Crippen molar-refractivity contribution in [2.24, 2.45) is 11.7 Å². The molecule has 1 heterocycles. The molecular formula is C13H27N3O. The number of rotatable bonds is 5. The van der Waals surface area contributed by atoms with Crippen LogP contribution in [0, 0.1) is 5.92 Å². The second kappa shape index (κ2) is 6.97. The number of amides is 1. The highest BCUT2D eigenvalue weighted by Crippen LogP contribution is 2.21. The van der Waals surface area contributed by atoms with Gasteiger partial charge in [0.25, 0.3) is 0 Å². The van der Waals surface area contributed by atoms with Gasteiger partial charge in [-0.2, -0.15) is 0 Å². The zero-order valence-electron chi connectivity index (χ0n) is 11.5. The molecule has 0 spiro atoms. The van der Waals surface area contributed by atoms with Gasteiger partial charge in [0.1, 0.15) is 0 Å². The second-order valence-corrected chi connectivity index (χ2v) is 5.29. The van der Waals surface area contributed by atoms with Crippen LogP contribution < -0.4 is 5.73 Å². The lowest BCUT2D eigenvalue weighted by molar-refractivity contribution is -0.130. The molecule has 0 saturated carbocycles. The smallest absolute Gasteiger partial charge is 0.223 e. The van der Waals surface area contributed by atoms with Gasteiger partial charge in [-0.25, -0.2) is 0 Å². The summed E-state index contributed by atoms with van der Waals surface area (Å²) in [6.07, 6.45) is 4.35. The first-order valence-electron chi connectivity index (χ1n) is 6.72. The van der Waals surface area contributed by atoms with Crippen molar-refractivity contribution in [3.63, 3.8) is 0 Å². The Morgan fingerprint density at radius 2 is 2.24 bits per heavy atom. The third kappa shape index (κ3) is 4.28. The van der Waals surface area contributed by atoms with Crippen LogP contribution in [0.5, 0.6) is 0 Å². The van der Waals surface area contributed by atoms with Crippen LogP contribution in [0.2, 0.25) is 0 Å². The molecule has 0 aromatic heterocycles. The van der Waals surface area contributed by atoms with Crippen molar-refractivity contribution in [3.8, 4) is 0 Å². The van der Waals surface area contributed by atoms with Crippen molar-refractivity contribution in [2.45, 2.75) is 38.6 Å². The van der Waals surface area contributed by atoms with Crippen LogP contribution in [0.4, 0.5) is 0 Å². The maximum absolute atomic E-state index is 11.7. The minimum absolute atomic E-state index is 0.180. The summed E-state index contributed by atoms with van der Waals surface area (Å²) >= 11 is 0. The summed E-state index contributed by atoms with van der Waals surface area (Å²) in [6.45, 7) is 5.03. The SMILES string of the molecule is CCC1CCCN(C(CN)CC(=O)N(C)C)C1. The van der Waals surface area contributed by atoms with Gasteiger partial charge < -0.3 is 10.6 Å². The van der Waals surface area contributed by atoms with E-state index >= 15 is 0 Å². The van der Waals surface area contributed by atoms with Crippen LogP contribution >= 0.6 is 0 Å². The van der Waals surface area contributed by atoms with Gasteiger partial charge >= 0.3 is 0 Å².